The number of hydrogen-bond acceptors (Lipinski definition) is 4. The van der Waals surface area contributed by atoms with Gasteiger partial charge >= 0.3 is 6.18 Å². The highest BCUT2D eigenvalue weighted by atomic mass is 19.4. The molecule has 180 valence electrons. The van der Waals surface area contributed by atoms with Gasteiger partial charge in [0.25, 0.3) is 11.8 Å². The van der Waals surface area contributed by atoms with E-state index in [0.29, 0.717) is 41.1 Å². The fourth-order valence-corrected chi connectivity index (χ4v) is 4.70. The molecule has 0 saturated carbocycles. The number of amides is 2. The van der Waals surface area contributed by atoms with E-state index in [-0.39, 0.29) is 23.1 Å². The first-order chi connectivity index (χ1) is 16.8. The monoisotopic (exact) mass is 481 g/mol. The number of carbonyl (C=O) groups is 2. The summed E-state index contributed by atoms with van der Waals surface area (Å²) in [6.45, 7) is 5.35. The van der Waals surface area contributed by atoms with Gasteiger partial charge in [0.2, 0.25) is 0 Å². The summed E-state index contributed by atoms with van der Waals surface area (Å²) < 4.78 is 44.6. The van der Waals surface area contributed by atoms with Crippen molar-refractivity contribution in [2.24, 2.45) is 0 Å². The summed E-state index contributed by atoms with van der Waals surface area (Å²) in [5.74, 6) is -1.25. The maximum absolute atomic E-state index is 13.7. The number of nitrogens with zero attached hydrogens (tertiary/aromatic N) is 3. The highest BCUT2D eigenvalue weighted by Gasteiger charge is 2.37. The highest BCUT2D eigenvalue weighted by molar-refractivity contribution is 6.49. The number of imide groups is 1. The number of imidazole rings is 1. The van der Waals surface area contributed by atoms with Gasteiger partial charge in [-0.2, -0.15) is 13.2 Å². The molecule has 10 heteroatoms. The summed E-state index contributed by atoms with van der Waals surface area (Å²) >= 11 is 0. The fourth-order valence-electron chi connectivity index (χ4n) is 4.70. The molecule has 6 rings (SSSR count). The normalized spacial score (nSPS) is 15.9. The van der Waals surface area contributed by atoms with Crippen LogP contribution >= 0.6 is 0 Å². The molecule has 0 atom stereocenters. The van der Waals surface area contributed by atoms with Crippen LogP contribution in [0.15, 0.2) is 48.9 Å². The van der Waals surface area contributed by atoms with Gasteiger partial charge in [-0.1, -0.05) is 19.9 Å². The number of alkyl halides is 3. The maximum Gasteiger partial charge on any atom is 0.416 e. The number of nitrogens with one attached hydrogen (secondary N) is 2. The van der Waals surface area contributed by atoms with Crippen LogP contribution in [-0.2, 0) is 28.9 Å². The summed E-state index contributed by atoms with van der Waals surface area (Å²) in [6.07, 6.45) is 0.314. The molecule has 7 nitrogen and oxygen atoms in total. The van der Waals surface area contributed by atoms with E-state index in [2.05, 4.69) is 15.6 Å². The third-order valence-electron chi connectivity index (χ3n) is 6.10. The van der Waals surface area contributed by atoms with Gasteiger partial charge in [0, 0.05) is 43.0 Å². The van der Waals surface area contributed by atoms with E-state index in [9.17, 15) is 22.8 Å². The first-order valence-corrected chi connectivity index (χ1v) is 11.3. The number of carbonyl (C=O) groups excluding carboxylic acids is 2. The maximum atomic E-state index is 13.7. The van der Waals surface area contributed by atoms with Gasteiger partial charge in [0.15, 0.2) is 0 Å². The quantitative estimate of drug-likeness (QED) is 0.424. The van der Waals surface area contributed by atoms with Crippen LogP contribution in [0.2, 0.25) is 0 Å². The number of fused-ring (bicyclic) bond motifs is 1. The third kappa shape index (κ3) is 3.61. The molecule has 2 aliphatic rings. The molecule has 0 saturated heterocycles. The Morgan fingerprint density at radius 3 is 2.60 bits per heavy atom. The zero-order valence-corrected chi connectivity index (χ0v) is 19.0. The van der Waals surface area contributed by atoms with Crippen LogP contribution in [0.5, 0.6) is 0 Å². The average molecular weight is 481 g/mol. The Hall–Kier alpha value is -3.92. The van der Waals surface area contributed by atoms with Gasteiger partial charge < -0.3 is 9.88 Å². The summed E-state index contributed by atoms with van der Waals surface area (Å²) in [4.78, 5) is 30.1. The summed E-state index contributed by atoms with van der Waals surface area (Å²) in [6, 6.07) is 7.51. The minimum absolute atomic E-state index is 0.0493. The molecule has 2 amide bonds. The lowest BCUT2D eigenvalue weighted by molar-refractivity contribution is -0.137. The second-order valence-electron chi connectivity index (χ2n) is 8.05. The van der Waals surface area contributed by atoms with Crippen molar-refractivity contribution in [3.63, 3.8) is 0 Å². The van der Waals surface area contributed by atoms with Gasteiger partial charge in [-0.3, -0.25) is 19.3 Å². The highest BCUT2D eigenvalue weighted by Crippen LogP contribution is 2.40. The van der Waals surface area contributed by atoms with E-state index in [4.69, 9.17) is 0 Å². The van der Waals surface area contributed by atoms with Gasteiger partial charge in [0.05, 0.1) is 34.1 Å². The first kappa shape index (κ1) is 22.9. The summed E-state index contributed by atoms with van der Waals surface area (Å²) in [7, 11) is 0. The van der Waals surface area contributed by atoms with Crippen LogP contribution in [0.1, 0.15) is 36.2 Å². The van der Waals surface area contributed by atoms with Crippen LogP contribution in [0.3, 0.4) is 0 Å². The molecule has 4 aromatic rings. The molecule has 0 bridgehead atoms. The van der Waals surface area contributed by atoms with Crippen LogP contribution in [0, 0.1) is 0 Å². The lowest BCUT2D eigenvalue weighted by atomic mass is 9.96. The van der Waals surface area contributed by atoms with E-state index in [1.807, 2.05) is 18.4 Å². The Labute approximate surface area is 198 Å². The van der Waals surface area contributed by atoms with Crippen molar-refractivity contribution >= 4 is 39.5 Å². The molecule has 0 radical (unpaired) electrons. The van der Waals surface area contributed by atoms with Crippen molar-refractivity contribution in [1.29, 1.82) is 0 Å². The molecule has 0 spiro atoms. The van der Waals surface area contributed by atoms with E-state index in [1.165, 1.54) is 6.20 Å². The molecule has 35 heavy (non-hydrogen) atoms. The number of benzene rings is 1. The predicted molar refractivity (Wildman–Crippen MR) is 125 cm³/mol. The number of aromatic nitrogens is 3. The van der Waals surface area contributed by atoms with E-state index in [0.717, 1.165) is 12.1 Å². The van der Waals surface area contributed by atoms with Crippen LogP contribution in [0.25, 0.3) is 27.7 Å². The second-order valence-corrected chi connectivity index (χ2v) is 8.05. The first-order valence-electron chi connectivity index (χ1n) is 11.3. The van der Waals surface area contributed by atoms with Crippen molar-refractivity contribution < 1.29 is 22.8 Å². The number of hydrogen-bond donors (Lipinski definition) is 2. The Morgan fingerprint density at radius 2 is 1.83 bits per heavy atom. The predicted octanol–water partition coefficient (Wildman–Crippen LogP) is 4.00. The molecule has 1 aromatic carbocycles. The number of halogens is 3. The second kappa shape index (κ2) is 8.38. The van der Waals surface area contributed by atoms with E-state index < -0.39 is 23.6 Å². The largest absolute Gasteiger partial charge is 0.416 e. The molecule has 2 aliphatic heterocycles. The molecule has 0 aliphatic carbocycles. The Morgan fingerprint density at radius 1 is 1.06 bits per heavy atom. The summed E-state index contributed by atoms with van der Waals surface area (Å²) in [5.41, 5.74) is 1.73. The Balaban J connectivity index is 0.00000124. The van der Waals surface area contributed by atoms with Crippen molar-refractivity contribution in [3.05, 3.63) is 71.3 Å². The third-order valence-corrected chi connectivity index (χ3v) is 6.10. The van der Waals surface area contributed by atoms with Gasteiger partial charge in [-0.15, -0.1) is 0 Å². The van der Waals surface area contributed by atoms with E-state index >= 15 is 0 Å². The average Bonchev–Trinajstić information content (AvgIpc) is 3.44. The topological polar surface area (TPSA) is 80.4 Å². The van der Waals surface area contributed by atoms with Gasteiger partial charge in [-0.05, 0) is 29.8 Å². The SMILES string of the molecule is CC.O=C1NC(=O)C(c2cnc3ccccn23)=C1c1cn2c3c(cc(C(F)(F)F)cc13)CNCC2. The van der Waals surface area contributed by atoms with Crippen molar-refractivity contribution in [2.45, 2.75) is 33.1 Å². The standard InChI is InChI=1S/C23H16F3N5O2.C2H6/c24-23(25,26)13-7-12-9-27-4-6-30-11-15(14(8-13)20(12)30)18-19(22(33)29-21(18)32)16-10-28-17-3-1-2-5-31(16)17;1-2/h1-3,5,7-8,10-11,27H,4,6,9H2,(H,29,32,33);1-2H3. The molecule has 0 fully saturated rings. The lowest BCUT2D eigenvalue weighted by Gasteiger charge is -2.11. The number of rotatable bonds is 2. The molecular weight excluding hydrogens is 459 g/mol. The molecule has 5 heterocycles. The minimum Gasteiger partial charge on any atom is -0.345 e. The lowest BCUT2D eigenvalue weighted by Crippen LogP contribution is -2.23. The van der Waals surface area contributed by atoms with Crippen LogP contribution in [-0.4, -0.2) is 32.3 Å². The fraction of sp³-hybridized carbons (Fsp3) is 0.240. The molecule has 2 N–H and O–H groups in total. The molecular formula is C25H22F3N5O2. The summed E-state index contributed by atoms with van der Waals surface area (Å²) in [5, 5.41) is 5.73. The van der Waals surface area contributed by atoms with Gasteiger partial charge in [0.1, 0.15) is 5.65 Å². The van der Waals surface area contributed by atoms with Crippen molar-refractivity contribution in [2.75, 3.05) is 6.54 Å². The van der Waals surface area contributed by atoms with Crippen molar-refractivity contribution in [1.82, 2.24) is 24.6 Å². The Kier molecular flexibility index (Phi) is 5.47. The molecule has 3 aromatic heterocycles. The Bertz CT molecular complexity index is 1530. The smallest absolute Gasteiger partial charge is 0.345 e. The molecule has 0 unspecified atom stereocenters. The number of pyridine rings is 1. The zero-order chi connectivity index (χ0) is 24.9. The van der Waals surface area contributed by atoms with E-state index in [1.54, 1.807) is 35.0 Å². The van der Waals surface area contributed by atoms with Crippen LogP contribution < -0.4 is 10.6 Å². The van der Waals surface area contributed by atoms with Gasteiger partial charge in [-0.25, -0.2) is 4.98 Å². The van der Waals surface area contributed by atoms with Crippen molar-refractivity contribution in [3.8, 4) is 0 Å². The van der Waals surface area contributed by atoms with Crippen LogP contribution in [0.4, 0.5) is 13.2 Å². The minimum atomic E-state index is -4.55. The zero-order valence-electron chi connectivity index (χ0n) is 19.0.